The molecule has 8 aromatic rings. The molecule has 8 aromatic carbocycles. The zero-order valence-electron chi connectivity index (χ0n) is 28.2. The van der Waals surface area contributed by atoms with Gasteiger partial charge in [0.15, 0.2) is 7.28 Å². The van der Waals surface area contributed by atoms with E-state index < -0.39 is 0 Å². The molecule has 0 bridgehead atoms. The minimum absolute atomic E-state index is 0.105. The van der Waals surface area contributed by atoms with Crippen molar-refractivity contribution in [2.75, 3.05) is 10.2 Å². The van der Waals surface area contributed by atoms with Crippen LogP contribution in [0.25, 0.3) is 43.8 Å². The first kappa shape index (κ1) is 28.9. The van der Waals surface area contributed by atoms with Crippen molar-refractivity contribution in [3.05, 3.63) is 175 Å². The van der Waals surface area contributed by atoms with Crippen LogP contribution in [-0.4, -0.2) is 7.28 Å². The van der Waals surface area contributed by atoms with Gasteiger partial charge in [-0.05, 0) is 79.8 Å². The van der Waals surface area contributed by atoms with Crippen molar-refractivity contribution >= 4 is 68.2 Å². The molecule has 10 rings (SSSR count). The predicted molar refractivity (Wildman–Crippen MR) is 215 cm³/mol. The number of anilines is 5. The Kier molecular flexibility index (Phi) is 6.35. The molecule has 236 valence electrons. The number of fused-ring (bicyclic) bond motifs is 7. The van der Waals surface area contributed by atoms with E-state index >= 15 is 0 Å². The molecule has 2 nitrogen and oxygen atoms in total. The van der Waals surface area contributed by atoms with Gasteiger partial charge >= 0.3 is 0 Å². The Morgan fingerprint density at radius 2 is 1.22 bits per heavy atom. The first-order chi connectivity index (χ1) is 24.6. The molecule has 0 unspecified atom stereocenters. The van der Waals surface area contributed by atoms with Crippen molar-refractivity contribution in [1.29, 1.82) is 0 Å². The lowest BCUT2D eigenvalue weighted by Gasteiger charge is -2.46. The molecule has 0 saturated carbocycles. The van der Waals surface area contributed by atoms with Crippen LogP contribution in [0.3, 0.4) is 0 Å². The summed E-state index contributed by atoms with van der Waals surface area (Å²) < 4.78 is 0. The standard InChI is InChI=1S/C47H35BN2/c1-47(2)38-19-10-11-22-42(38)50-45-36-18-9-7-16-33(36)29-37(44(45)48-40-21-12-20-39(47)46(40)50)43-35-17-8-6-15-32(35)25-28-41(43)49-34-26-23-31(24-27-34)30-13-4-3-5-14-30/h3-29,48-49H,1-2H3. The first-order valence-corrected chi connectivity index (χ1v) is 17.6. The maximum Gasteiger partial charge on any atom is 0.198 e. The molecule has 0 fully saturated rings. The van der Waals surface area contributed by atoms with Crippen LogP contribution in [0, 0.1) is 0 Å². The molecule has 0 aromatic heterocycles. The summed E-state index contributed by atoms with van der Waals surface area (Å²) in [6.45, 7) is 4.76. The van der Waals surface area contributed by atoms with Crippen LogP contribution in [0.1, 0.15) is 25.0 Å². The fraction of sp³-hybridized carbons (Fsp3) is 0.0638. The smallest absolute Gasteiger partial charge is 0.198 e. The average Bonchev–Trinajstić information content (AvgIpc) is 3.17. The lowest BCUT2D eigenvalue weighted by Crippen LogP contribution is -2.45. The predicted octanol–water partition coefficient (Wildman–Crippen LogP) is 10.9. The third-order valence-electron chi connectivity index (χ3n) is 11.0. The molecule has 0 spiro atoms. The van der Waals surface area contributed by atoms with Crippen molar-refractivity contribution in [2.45, 2.75) is 19.3 Å². The van der Waals surface area contributed by atoms with E-state index in [2.05, 4.69) is 188 Å². The second-order valence-electron chi connectivity index (χ2n) is 14.2. The zero-order chi connectivity index (χ0) is 33.4. The van der Waals surface area contributed by atoms with E-state index in [4.69, 9.17) is 0 Å². The van der Waals surface area contributed by atoms with E-state index in [-0.39, 0.29) is 5.41 Å². The Morgan fingerprint density at radius 1 is 0.540 bits per heavy atom. The number of hydrogen-bond acceptors (Lipinski definition) is 2. The highest BCUT2D eigenvalue weighted by molar-refractivity contribution is 6.74. The Balaban J connectivity index is 1.23. The summed E-state index contributed by atoms with van der Waals surface area (Å²) in [6, 6.07) is 60.1. The van der Waals surface area contributed by atoms with Gasteiger partial charge in [-0.15, -0.1) is 0 Å². The molecule has 3 heteroatoms. The van der Waals surface area contributed by atoms with Crippen molar-refractivity contribution in [3.63, 3.8) is 0 Å². The largest absolute Gasteiger partial charge is 0.355 e. The van der Waals surface area contributed by atoms with Crippen LogP contribution in [0.5, 0.6) is 0 Å². The maximum absolute atomic E-state index is 3.87. The van der Waals surface area contributed by atoms with Crippen LogP contribution in [0.4, 0.5) is 28.4 Å². The van der Waals surface area contributed by atoms with Gasteiger partial charge in [-0.25, -0.2) is 0 Å². The highest BCUT2D eigenvalue weighted by Gasteiger charge is 2.41. The summed E-state index contributed by atoms with van der Waals surface area (Å²) in [6.07, 6.45) is 0. The highest BCUT2D eigenvalue weighted by Crippen LogP contribution is 2.53. The molecular formula is C47H35BN2. The van der Waals surface area contributed by atoms with Crippen LogP contribution < -0.4 is 21.1 Å². The van der Waals surface area contributed by atoms with Crippen molar-refractivity contribution in [1.82, 2.24) is 0 Å². The van der Waals surface area contributed by atoms with Crippen LogP contribution in [-0.2, 0) is 5.41 Å². The number of rotatable bonds is 4. The summed E-state index contributed by atoms with van der Waals surface area (Å²) in [5, 5.41) is 8.88. The van der Waals surface area contributed by atoms with Crippen molar-refractivity contribution < 1.29 is 0 Å². The van der Waals surface area contributed by atoms with Gasteiger partial charge in [0, 0.05) is 39.1 Å². The fourth-order valence-corrected chi connectivity index (χ4v) is 8.61. The minimum atomic E-state index is -0.105. The van der Waals surface area contributed by atoms with Gasteiger partial charge in [-0.1, -0.05) is 153 Å². The Hall–Kier alpha value is -6.06. The summed E-state index contributed by atoms with van der Waals surface area (Å²) in [5.74, 6) is 0. The summed E-state index contributed by atoms with van der Waals surface area (Å²) >= 11 is 0. The number of hydrogen-bond donors (Lipinski definition) is 1. The maximum atomic E-state index is 3.87. The van der Waals surface area contributed by atoms with Crippen LogP contribution in [0.2, 0.25) is 0 Å². The van der Waals surface area contributed by atoms with Crippen molar-refractivity contribution in [3.8, 4) is 22.3 Å². The van der Waals surface area contributed by atoms with Gasteiger partial charge in [0.1, 0.15) is 0 Å². The van der Waals surface area contributed by atoms with Gasteiger partial charge in [0.25, 0.3) is 0 Å². The van der Waals surface area contributed by atoms with E-state index in [9.17, 15) is 0 Å². The van der Waals surface area contributed by atoms with Gasteiger partial charge in [-0.3, -0.25) is 0 Å². The first-order valence-electron chi connectivity index (χ1n) is 17.6. The van der Waals surface area contributed by atoms with Gasteiger partial charge in [-0.2, -0.15) is 0 Å². The second kappa shape index (κ2) is 11.0. The molecule has 2 aliphatic heterocycles. The fourth-order valence-electron chi connectivity index (χ4n) is 8.61. The van der Waals surface area contributed by atoms with Gasteiger partial charge in [0.05, 0.1) is 5.69 Å². The highest BCUT2D eigenvalue weighted by atomic mass is 15.2. The summed E-state index contributed by atoms with van der Waals surface area (Å²) in [5.41, 5.74) is 16.4. The quantitative estimate of drug-likeness (QED) is 0.193. The lowest BCUT2D eigenvalue weighted by atomic mass is 9.55. The van der Waals surface area contributed by atoms with Crippen molar-refractivity contribution in [2.24, 2.45) is 0 Å². The third-order valence-corrected chi connectivity index (χ3v) is 11.0. The Labute approximate surface area is 293 Å². The number of nitrogens with zero attached hydrogens (tertiary/aromatic N) is 1. The number of nitrogens with one attached hydrogen (secondary N) is 1. The monoisotopic (exact) mass is 638 g/mol. The van der Waals surface area contributed by atoms with Gasteiger partial charge < -0.3 is 10.2 Å². The molecule has 2 aliphatic rings. The molecule has 1 N–H and O–H groups in total. The Morgan fingerprint density at radius 3 is 2.06 bits per heavy atom. The molecule has 0 amide bonds. The van der Waals surface area contributed by atoms with E-state index in [0.29, 0.717) is 0 Å². The van der Waals surface area contributed by atoms with E-state index in [1.165, 1.54) is 82.9 Å². The van der Waals surface area contributed by atoms with Crippen LogP contribution in [0.15, 0.2) is 164 Å². The summed E-state index contributed by atoms with van der Waals surface area (Å²) in [7, 11) is 0.863. The number of para-hydroxylation sites is 2. The SMILES string of the molecule is CC1(C)c2ccccc2N2c3c(cccc31)Bc1c(-c3c(Nc4ccc(-c5ccccc5)cc4)ccc4ccccc34)cc3ccccc3c12. The second-order valence-corrected chi connectivity index (χ2v) is 14.2. The number of benzene rings is 8. The summed E-state index contributed by atoms with van der Waals surface area (Å²) in [4.78, 5) is 2.59. The van der Waals surface area contributed by atoms with Gasteiger partial charge in [0.2, 0.25) is 0 Å². The Bertz CT molecular complexity index is 2620. The van der Waals surface area contributed by atoms with Crippen LogP contribution >= 0.6 is 0 Å². The molecule has 0 saturated heterocycles. The molecule has 0 aliphatic carbocycles. The van der Waals surface area contributed by atoms with E-state index in [0.717, 1.165) is 18.7 Å². The van der Waals surface area contributed by atoms with E-state index in [1.54, 1.807) is 0 Å². The van der Waals surface area contributed by atoms with E-state index in [1.807, 2.05) is 0 Å². The molecule has 0 atom stereocenters. The zero-order valence-corrected chi connectivity index (χ0v) is 28.2. The molecule has 0 radical (unpaired) electrons. The lowest BCUT2D eigenvalue weighted by molar-refractivity contribution is 0.632. The molecular weight excluding hydrogens is 603 g/mol. The molecule has 50 heavy (non-hydrogen) atoms. The third kappa shape index (κ3) is 4.30. The average molecular weight is 639 g/mol. The normalized spacial score (nSPS) is 13.7. The molecule has 2 heterocycles. The minimum Gasteiger partial charge on any atom is -0.355 e. The topological polar surface area (TPSA) is 15.3 Å².